The van der Waals surface area contributed by atoms with Gasteiger partial charge in [-0.25, -0.2) is 0 Å². The summed E-state index contributed by atoms with van der Waals surface area (Å²) in [5, 5.41) is 0. The maximum absolute atomic E-state index is 6.76. The molecule has 0 saturated heterocycles. The fraction of sp³-hybridized carbons (Fsp3) is 0.667. The van der Waals surface area contributed by atoms with E-state index >= 15 is 0 Å². The predicted molar refractivity (Wildman–Crippen MR) is 90.4 cm³/mol. The molecule has 4 bridgehead atoms. The number of methoxy groups -OCH3 is 2. The van der Waals surface area contributed by atoms with Gasteiger partial charge in [-0.15, -0.1) is 12.4 Å². The number of ether oxygens (including phenoxy) is 2. The Morgan fingerprint density at radius 3 is 1.77 bits per heavy atom. The lowest BCUT2D eigenvalue weighted by Crippen LogP contribution is -2.52. The first-order valence-corrected chi connectivity index (χ1v) is 8.00. The Morgan fingerprint density at radius 2 is 1.41 bits per heavy atom. The van der Waals surface area contributed by atoms with Crippen molar-refractivity contribution < 1.29 is 9.47 Å². The third-order valence-corrected chi connectivity index (χ3v) is 6.03. The van der Waals surface area contributed by atoms with Crippen LogP contribution in [0.3, 0.4) is 0 Å². The van der Waals surface area contributed by atoms with Crippen molar-refractivity contribution in [2.24, 2.45) is 11.1 Å². The van der Waals surface area contributed by atoms with Crippen LogP contribution in [0.5, 0.6) is 11.5 Å². The zero-order valence-electron chi connectivity index (χ0n) is 13.6. The summed E-state index contributed by atoms with van der Waals surface area (Å²) in [6, 6.07) is 4.43. The highest BCUT2D eigenvalue weighted by Crippen LogP contribution is 2.62. The zero-order chi connectivity index (χ0) is 14.8. The molecule has 0 aromatic heterocycles. The molecule has 22 heavy (non-hydrogen) atoms. The van der Waals surface area contributed by atoms with Gasteiger partial charge >= 0.3 is 0 Å². The Bertz CT molecular complexity index is 538. The molecule has 3 nitrogen and oxygen atoms in total. The molecule has 1 aromatic rings. The van der Waals surface area contributed by atoms with Crippen molar-refractivity contribution in [3.63, 3.8) is 0 Å². The molecule has 0 heterocycles. The Kier molecular flexibility index (Phi) is 3.65. The summed E-state index contributed by atoms with van der Waals surface area (Å²) in [4.78, 5) is 0. The van der Waals surface area contributed by atoms with Gasteiger partial charge < -0.3 is 15.2 Å². The van der Waals surface area contributed by atoms with Crippen LogP contribution in [0.25, 0.3) is 0 Å². The van der Waals surface area contributed by atoms with Crippen molar-refractivity contribution in [2.45, 2.75) is 56.4 Å². The average molecular weight is 324 g/mol. The molecule has 2 fully saturated rings. The van der Waals surface area contributed by atoms with Gasteiger partial charge in [-0.3, -0.25) is 0 Å². The Hall–Kier alpha value is -0.930. The van der Waals surface area contributed by atoms with Crippen molar-refractivity contribution in [3.8, 4) is 11.5 Å². The van der Waals surface area contributed by atoms with Crippen LogP contribution in [0.4, 0.5) is 0 Å². The van der Waals surface area contributed by atoms with E-state index in [1.165, 1.54) is 30.4 Å². The van der Waals surface area contributed by atoms with Crippen LogP contribution in [0, 0.1) is 5.41 Å². The van der Waals surface area contributed by atoms with Gasteiger partial charge in [-0.2, -0.15) is 0 Å². The third kappa shape index (κ3) is 2.21. The van der Waals surface area contributed by atoms with E-state index in [4.69, 9.17) is 15.2 Å². The number of rotatable bonds is 2. The Morgan fingerprint density at radius 1 is 0.955 bits per heavy atom. The minimum atomic E-state index is 0. The third-order valence-electron chi connectivity index (χ3n) is 6.03. The molecule has 2 saturated carbocycles. The first-order valence-electron chi connectivity index (χ1n) is 8.00. The standard InChI is InChI=1S/C18H25NO2.ClH/c1-17-6-11-8-18(19,10-17)9-12(7-17)14-5-16(21-3)15(20-2)4-13(11)14;/h4-5,11-12H,6-10,19H2,1-3H3;1H. The maximum Gasteiger partial charge on any atom is 0.161 e. The normalized spacial score (nSPS) is 38.0. The molecule has 0 aliphatic heterocycles. The zero-order valence-corrected chi connectivity index (χ0v) is 14.5. The molecule has 122 valence electrons. The molecule has 0 spiro atoms. The average Bonchev–Trinajstić information content (AvgIpc) is 2.55. The number of benzene rings is 1. The van der Waals surface area contributed by atoms with Crippen molar-refractivity contribution in [3.05, 3.63) is 23.3 Å². The van der Waals surface area contributed by atoms with Gasteiger partial charge in [0.2, 0.25) is 0 Å². The quantitative estimate of drug-likeness (QED) is 0.895. The van der Waals surface area contributed by atoms with E-state index in [2.05, 4.69) is 19.1 Å². The fourth-order valence-corrected chi connectivity index (χ4v) is 5.68. The molecule has 4 aliphatic carbocycles. The van der Waals surface area contributed by atoms with E-state index in [0.29, 0.717) is 17.3 Å². The highest BCUT2D eigenvalue weighted by Gasteiger charge is 2.53. The molecule has 2 N–H and O–H groups in total. The molecule has 1 aromatic carbocycles. The van der Waals surface area contributed by atoms with Crippen LogP contribution in [0.15, 0.2) is 12.1 Å². The maximum atomic E-state index is 6.76. The summed E-state index contributed by atoms with van der Waals surface area (Å²) in [5.74, 6) is 2.87. The van der Waals surface area contributed by atoms with Crippen LogP contribution in [0.2, 0.25) is 0 Å². The number of halogens is 1. The van der Waals surface area contributed by atoms with E-state index in [1.54, 1.807) is 14.2 Å². The Labute approximate surface area is 139 Å². The summed E-state index contributed by atoms with van der Waals surface area (Å²) in [6.07, 6.45) is 5.98. The van der Waals surface area contributed by atoms with Crippen molar-refractivity contribution in [2.75, 3.05) is 14.2 Å². The summed E-state index contributed by atoms with van der Waals surface area (Å²) in [6.45, 7) is 2.44. The monoisotopic (exact) mass is 323 g/mol. The summed E-state index contributed by atoms with van der Waals surface area (Å²) < 4.78 is 11.0. The molecular weight excluding hydrogens is 298 g/mol. The fourth-order valence-electron chi connectivity index (χ4n) is 5.68. The van der Waals surface area contributed by atoms with Crippen molar-refractivity contribution in [1.29, 1.82) is 0 Å². The molecule has 0 amide bonds. The van der Waals surface area contributed by atoms with Crippen molar-refractivity contribution >= 4 is 12.4 Å². The second-order valence-corrected chi connectivity index (χ2v) is 7.90. The van der Waals surface area contributed by atoms with Crippen LogP contribution in [-0.2, 0) is 0 Å². The van der Waals surface area contributed by atoms with E-state index in [0.717, 1.165) is 24.3 Å². The Balaban J connectivity index is 0.00000144. The molecular formula is C18H26ClNO2. The number of nitrogens with two attached hydrogens (primary N) is 1. The van der Waals surface area contributed by atoms with E-state index in [9.17, 15) is 0 Å². The molecule has 5 rings (SSSR count). The topological polar surface area (TPSA) is 44.5 Å². The van der Waals surface area contributed by atoms with Gasteiger partial charge in [0.1, 0.15) is 0 Å². The summed E-state index contributed by atoms with van der Waals surface area (Å²) in [5.41, 5.74) is 10.1. The van der Waals surface area contributed by atoms with Crippen LogP contribution < -0.4 is 15.2 Å². The van der Waals surface area contributed by atoms with Crippen LogP contribution in [0.1, 0.15) is 62.0 Å². The first kappa shape index (κ1) is 15.9. The second-order valence-electron chi connectivity index (χ2n) is 7.90. The van der Waals surface area contributed by atoms with Crippen LogP contribution in [-0.4, -0.2) is 19.8 Å². The second kappa shape index (κ2) is 5.04. The molecule has 0 radical (unpaired) electrons. The SMILES string of the molecule is COc1cc2c(cc1OC)C1CC3(C)CC2CC(N)(C1)C3.Cl. The largest absolute Gasteiger partial charge is 0.493 e. The minimum Gasteiger partial charge on any atom is -0.493 e. The smallest absolute Gasteiger partial charge is 0.161 e. The molecule has 2 unspecified atom stereocenters. The predicted octanol–water partition coefficient (Wildman–Crippen LogP) is 3.99. The number of hydrogen-bond acceptors (Lipinski definition) is 3. The summed E-state index contributed by atoms with van der Waals surface area (Å²) >= 11 is 0. The van der Waals surface area contributed by atoms with Gasteiger partial charge in [0, 0.05) is 5.54 Å². The van der Waals surface area contributed by atoms with E-state index in [1.807, 2.05) is 0 Å². The summed E-state index contributed by atoms with van der Waals surface area (Å²) in [7, 11) is 3.44. The van der Waals surface area contributed by atoms with Gasteiger partial charge in [-0.1, -0.05) is 6.92 Å². The molecule has 4 aliphatic rings. The lowest BCUT2D eigenvalue weighted by Gasteiger charge is -2.52. The molecule has 4 heteroatoms. The van der Waals surface area contributed by atoms with Gasteiger partial charge in [0.15, 0.2) is 11.5 Å². The number of hydrogen-bond donors (Lipinski definition) is 1. The molecule has 2 atom stereocenters. The minimum absolute atomic E-state index is 0. The lowest BCUT2D eigenvalue weighted by atomic mass is 9.56. The lowest BCUT2D eigenvalue weighted by molar-refractivity contribution is 0.0544. The van der Waals surface area contributed by atoms with Gasteiger partial charge in [0.25, 0.3) is 0 Å². The highest BCUT2D eigenvalue weighted by atomic mass is 35.5. The van der Waals surface area contributed by atoms with Gasteiger partial charge in [-0.05, 0) is 72.6 Å². The van der Waals surface area contributed by atoms with Crippen molar-refractivity contribution in [1.82, 2.24) is 0 Å². The first-order chi connectivity index (χ1) is 9.95. The highest BCUT2D eigenvalue weighted by molar-refractivity contribution is 5.85. The van der Waals surface area contributed by atoms with E-state index in [-0.39, 0.29) is 17.9 Å². The van der Waals surface area contributed by atoms with Gasteiger partial charge in [0.05, 0.1) is 14.2 Å². The van der Waals surface area contributed by atoms with Crippen LogP contribution >= 0.6 is 12.4 Å². The van der Waals surface area contributed by atoms with E-state index < -0.39 is 0 Å².